The minimum absolute atomic E-state index is 0.218. The molecule has 2 aromatic rings. The highest BCUT2D eigenvalue weighted by Crippen LogP contribution is 2.21. The molecule has 3 rings (SSSR count). The maximum absolute atomic E-state index is 10.2. The number of aromatic nitrogens is 1. The van der Waals surface area contributed by atoms with Crippen LogP contribution in [0.15, 0.2) is 41.9 Å². The van der Waals surface area contributed by atoms with E-state index in [-0.39, 0.29) is 6.04 Å². The maximum atomic E-state index is 10.2. The lowest BCUT2D eigenvalue weighted by Gasteiger charge is -2.10. The molecule has 1 aliphatic rings. The molecule has 0 N–H and O–H groups in total. The fourth-order valence-corrected chi connectivity index (χ4v) is 3.34. The summed E-state index contributed by atoms with van der Waals surface area (Å²) in [6.07, 6.45) is 6.22. The van der Waals surface area contributed by atoms with Crippen molar-refractivity contribution < 1.29 is 4.79 Å². The molecule has 24 heavy (non-hydrogen) atoms. The minimum Gasteiger partial charge on any atom is -0.302 e. The predicted octanol–water partition coefficient (Wildman–Crippen LogP) is 4.80. The normalized spacial score (nSPS) is 17.9. The standard InChI is InChI=1S/C12H13NS.C6H11NO.C2H6/c1-10(12-13-7-8-14-12)9-11-5-3-2-4-6-11;1-7-4-2-3-6(7)5-8;1-2/h2-8,10H,9H2,1H3;5-6H,2-4H2,1H3;1-2H3. The van der Waals surface area contributed by atoms with Crippen molar-refractivity contribution in [1.29, 1.82) is 0 Å². The molecule has 0 radical (unpaired) electrons. The lowest BCUT2D eigenvalue weighted by Crippen LogP contribution is -2.25. The smallest absolute Gasteiger partial charge is 0.137 e. The number of thiazole rings is 1. The van der Waals surface area contributed by atoms with Gasteiger partial charge in [0.25, 0.3) is 0 Å². The highest BCUT2D eigenvalue weighted by molar-refractivity contribution is 7.09. The van der Waals surface area contributed by atoms with E-state index in [1.54, 1.807) is 11.3 Å². The molecule has 2 unspecified atom stereocenters. The summed E-state index contributed by atoms with van der Waals surface area (Å²) in [5, 5.41) is 3.27. The first-order valence-electron chi connectivity index (χ1n) is 8.79. The number of hydrogen-bond donors (Lipinski definition) is 0. The van der Waals surface area contributed by atoms with E-state index < -0.39 is 0 Å². The van der Waals surface area contributed by atoms with Gasteiger partial charge in [0.15, 0.2) is 0 Å². The van der Waals surface area contributed by atoms with Crippen molar-refractivity contribution in [3.05, 3.63) is 52.5 Å². The zero-order valence-corrected chi connectivity index (χ0v) is 16.1. The van der Waals surface area contributed by atoms with Crippen molar-refractivity contribution in [2.24, 2.45) is 0 Å². The molecule has 0 saturated carbocycles. The summed E-state index contributed by atoms with van der Waals surface area (Å²) >= 11 is 1.74. The molecule has 1 aromatic carbocycles. The van der Waals surface area contributed by atoms with Gasteiger partial charge in [0.05, 0.1) is 11.0 Å². The molecule has 0 aliphatic carbocycles. The number of aldehydes is 1. The van der Waals surface area contributed by atoms with Crippen LogP contribution in [0, 0.1) is 0 Å². The lowest BCUT2D eigenvalue weighted by molar-refractivity contribution is -0.111. The topological polar surface area (TPSA) is 33.2 Å². The number of benzene rings is 1. The Balaban J connectivity index is 0.000000245. The molecule has 0 amide bonds. The third kappa shape index (κ3) is 6.93. The van der Waals surface area contributed by atoms with Gasteiger partial charge in [-0.05, 0) is 38.4 Å². The SMILES string of the molecule is CC.CC(Cc1ccccc1)c1nccs1.CN1CCCC1C=O. The summed E-state index contributed by atoms with van der Waals surface area (Å²) < 4.78 is 0. The van der Waals surface area contributed by atoms with Crippen molar-refractivity contribution in [1.82, 2.24) is 9.88 Å². The van der Waals surface area contributed by atoms with Gasteiger partial charge in [-0.15, -0.1) is 11.3 Å². The summed E-state index contributed by atoms with van der Waals surface area (Å²) in [5.74, 6) is 0.525. The molecule has 132 valence electrons. The summed E-state index contributed by atoms with van der Waals surface area (Å²) in [7, 11) is 1.99. The average molecular weight is 347 g/mol. The molecule has 2 heterocycles. The molecule has 1 saturated heterocycles. The fourth-order valence-electron chi connectivity index (χ4n) is 2.64. The van der Waals surface area contributed by atoms with E-state index in [2.05, 4.69) is 47.1 Å². The summed E-state index contributed by atoms with van der Waals surface area (Å²) in [5.41, 5.74) is 1.38. The molecule has 3 nitrogen and oxygen atoms in total. The van der Waals surface area contributed by atoms with Crippen LogP contribution in [-0.4, -0.2) is 35.8 Å². The molecule has 1 aromatic heterocycles. The van der Waals surface area contributed by atoms with Gasteiger partial charge in [0, 0.05) is 17.5 Å². The molecule has 0 bridgehead atoms. The van der Waals surface area contributed by atoms with Crippen LogP contribution in [-0.2, 0) is 11.2 Å². The van der Waals surface area contributed by atoms with E-state index in [0.717, 1.165) is 25.7 Å². The zero-order chi connectivity index (χ0) is 17.8. The Morgan fingerprint density at radius 3 is 2.50 bits per heavy atom. The second-order valence-electron chi connectivity index (χ2n) is 5.79. The van der Waals surface area contributed by atoms with Gasteiger partial charge in [0.2, 0.25) is 0 Å². The first-order valence-corrected chi connectivity index (χ1v) is 9.67. The van der Waals surface area contributed by atoms with Crippen LogP contribution in [0.1, 0.15) is 50.1 Å². The number of nitrogens with zero attached hydrogens (tertiary/aromatic N) is 2. The Morgan fingerprint density at radius 1 is 1.33 bits per heavy atom. The average Bonchev–Trinajstić information content (AvgIpc) is 3.29. The van der Waals surface area contributed by atoms with E-state index in [1.807, 2.05) is 32.5 Å². The maximum Gasteiger partial charge on any atom is 0.137 e. The van der Waals surface area contributed by atoms with Crippen LogP contribution in [0.2, 0.25) is 0 Å². The van der Waals surface area contributed by atoms with E-state index in [0.29, 0.717) is 5.92 Å². The lowest BCUT2D eigenvalue weighted by atomic mass is 10.0. The number of rotatable bonds is 4. The van der Waals surface area contributed by atoms with E-state index in [1.165, 1.54) is 17.0 Å². The second kappa shape index (κ2) is 11.9. The van der Waals surface area contributed by atoms with Crippen LogP contribution in [0.3, 0.4) is 0 Å². The highest BCUT2D eigenvalue weighted by Gasteiger charge is 2.18. The van der Waals surface area contributed by atoms with Gasteiger partial charge in [-0.2, -0.15) is 0 Å². The zero-order valence-electron chi connectivity index (χ0n) is 15.3. The number of likely N-dealkylation sites (N-methyl/N-ethyl adjacent to an activating group) is 1. The largest absolute Gasteiger partial charge is 0.302 e. The van der Waals surface area contributed by atoms with Crippen molar-refractivity contribution in [3.63, 3.8) is 0 Å². The van der Waals surface area contributed by atoms with Crippen molar-refractivity contribution in [2.75, 3.05) is 13.6 Å². The molecule has 1 fully saturated rings. The number of carbonyl (C=O) groups excluding carboxylic acids is 1. The Hall–Kier alpha value is -1.52. The van der Waals surface area contributed by atoms with Gasteiger partial charge in [-0.3, -0.25) is 4.90 Å². The number of carbonyl (C=O) groups is 1. The molecule has 4 heteroatoms. The Labute approximate surface area is 150 Å². The van der Waals surface area contributed by atoms with Gasteiger partial charge < -0.3 is 4.79 Å². The van der Waals surface area contributed by atoms with Crippen LogP contribution < -0.4 is 0 Å². The van der Waals surface area contributed by atoms with Crippen LogP contribution in [0.25, 0.3) is 0 Å². The number of likely N-dealkylation sites (tertiary alicyclic amines) is 1. The summed E-state index contributed by atoms with van der Waals surface area (Å²) in [4.78, 5) is 16.6. The van der Waals surface area contributed by atoms with Crippen molar-refractivity contribution >= 4 is 17.6 Å². The monoisotopic (exact) mass is 346 g/mol. The first-order chi connectivity index (χ1) is 11.7. The van der Waals surface area contributed by atoms with Crippen LogP contribution >= 0.6 is 11.3 Å². The third-order valence-electron chi connectivity index (χ3n) is 3.99. The summed E-state index contributed by atoms with van der Waals surface area (Å²) in [6.45, 7) is 7.31. The minimum atomic E-state index is 0.218. The van der Waals surface area contributed by atoms with Gasteiger partial charge in [0.1, 0.15) is 6.29 Å². The van der Waals surface area contributed by atoms with E-state index in [9.17, 15) is 4.79 Å². The highest BCUT2D eigenvalue weighted by atomic mass is 32.1. The fraction of sp³-hybridized carbons (Fsp3) is 0.500. The Morgan fingerprint density at radius 2 is 2.04 bits per heavy atom. The quantitative estimate of drug-likeness (QED) is 0.746. The van der Waals surface area contributed by atoms with Gasteiger partial charge in [-0.25, -0.2) is 4.98 Å². The Bertz CT molecular complexity index is 542. The van der Waals surface area contributed by atoms with Crippen LogP contribution in [0.5, 0.6) is 0 Å². The van der Waals surface area contributed by atoms with Gasteiger partial charge >= 0.3 is 0 Å². The molecular weight excluding hydrogens is 316 g/mol. The third-order valence-corrected chi connectivity index (χ3v) is 5.00. The Kier molecular flexibility index (Phi) is 10.2. The van der Waals surface area contributed by atoms with Crippen LogP contribution in [0.4, 0.5) is 0 Å². The van der Waals surface area contributed by atoms with Gasteiger partial charge in [-0.1, -0.05) is 51.1 Å². The molecular formula is C20H30N2OS. The van der Waals surface area contributed by atoms with Crippen molar-refractivity contribution in [2.45, 2.75) is 52.0 Å². The van der Waals surface area contributed by atoms with E-state index >= 15 is 0 Å². The summed E-state index contributed by atoms with van der Waals surface area (Å²) in [6, 6.07) is 10.8. The molecule has 1 aliphatic heterocycles. The number of hydrogen-bond acceptors (Lipinski definition) is 4. The predicted molar refractivity (Wildman–Crippen MR) is 104 cm³/mol. The molecule has 2 atom stereocenters. The molecule has 0 spiro atoms. The first kappa shape index (κ1) is 20.5. The second-order valence-corrected chi connectivity index (χ2v) is 6.71. The van der Waals surface area contributed by atoms with Crippen molar-refractivity contribution in [3.8, 4) is 0 Å². The van der Waals surface area contributed by atoms with E-state index in [4.69, 9.17) is 0 Å².